The molecule has 19 heavy (non-hydrogen) atoms. The van der Waals surface area contributed by atoms with Crippen molar-refractivity contribution >= 4 is 0 Å². The van der Waals surface area contributed by atoms with Gasteiger partial charge in [-0.1, -0.05) is 30.8 Å². The second-order valence-corrected chi connectivity index (χ2v) is 5.88. The van der Waals surface area contributed by atoms with Gasteiger partial charge in [0, 0.05) is 6.61 Å². The number of hydrogen-bond acceptors (Lipinski definition) is 5. The van der Waals surface area contributed by atoms with Gasteiger partial charge < -0.3 is 15.0 Å². The van der Waals surface area contributed by atoms with Gasteiger partial charge in [0.1, 0.15) is 6.10 Å². The second-order valence-electron chi connectivity index (χ2n) is 5.88. The van der Waals surface area contributed by atoms with Crippen molar-refractivity contribution in [2.45, 2.75) is 69.4 Å². The first kappa shape index (κ1) is 13.1. The van der Waals surface area contributed by atoms with Gasteiger partial charge in [-0.3, -0.25) is 0 Å². The molecule has 0 spiro atoms. The summed E-state index contributed by atoms with van der Waals surface area (Å²) >= 11 is 0. The number of hydrogen-bond donors (Lipinski definition) is 1. The lowest BCUT2D eigenvalue weighted by Crippen LogP contribution is -2.37. The summed E-state index contributed by atoms with van der Waals surface area (Å²) in [6, 6.07) is 0. The van der Waals surface area contributed by atoms with Crippen molar-refractivity contribution in [2.24, 2.45) is 5.73 Å². The summed E-state index contributed by atoms with van der Waals surface area (Å²) < 4.78 is 11.1. The van der Waals surface area contributed by atoms with E-state index in [0.29, 0.717) is 11.7 Å². The van der Waals surface area contributed by atoms with Crippen molar-refractivity contribution in [2.75, 3.05) is 6.61 Å². The Morgan fingerprint density at radius 2 is 1.84 bits per heavy atom. The average Bonchev–Trinajstić information content (AvgIpc) is 2.85. The van der Waals surface area contributed by atoms with Crippen molar-refractivity contribution in [3.8, 4) is 0 Å². The van der Waals surface area contributed by atoms with Gasteiger partial charge in [0.25, 0.3) is 5.89 Å². The minimum atomic E-state index is -0.396. The van der Waals surface area contributed by atoms with E-state index in [1.54, 1.807) is 0 Å². The first-order valence-corrected chi connectivity index (χ1v) is 7.52. The maximum absolute atomic E-state index is 6.50. The van der Waals surface area contributed by atoms with Crippen LogP contribution in [-0.2, 0) is 10.3 Å². The summed E-state index contributed by atoms with van der Waals surface area (Å²) in [6.45, 7) is 0.788. The predicted octanol–water partition coefficient (Wildman–Crippen LogP) is 2.82. The summed E-state index contributed by atoms with van der Waals surface area (Å²) in [7, 11) is 0. The first-order valence-electron chi connectivity index (χ1n) is 7.52. The zero-order chi connectivity index (χ0) is 13.1. The Morgan fingerprint density at radius 3 is 2.53 bits per heavy atom. The van der Waals surface area contributed by atoms with Crippen LogP contribution in [0.25, 0.3) is 0 Å². The highest BCUT2D eigenvalue weighted by Gasteiger charge is 2.34. The number of nitrogens with zero attached hydrogens (tertiary/aromatic N) is 2. The van der Waals surface area contributed by atoms with Gasteiger partial charge in [-0.25, -0.2) is 0 Å². The molecule has 106 valence electrons. The van der Waals surface area contributed by atoms with E-state index in [4.69, 9.17) is 15.0 Å². The smallest absolute Gasteiger partial charge is 0.255 e. The van der Waals surface area contributed by atoms with E-state index >= 15 is 0 Å². The van der Waals surface area contributed by atoms with E-state index in [1.807, 2.05) is 0 Å². The van der Waals surface area contributed by atoms with E-state index in [9.17, 15) is 0 Å². The molecular weight excluding hydrogens is 242 g/mol. The fraction of sp³-hybridized carbons (Fsp3) is 0.857. The maximum Gasteiger partial charge on any atom is 0.255 e. The molecule has 2 fully saturated rings. The molecule has 1 aromatic heterocycles. The Morgan fingerprint density at radius 1 is 1.05 bits per heavy atom. The molecule has 0 radical (unpaired) electrons. The van der Waals surface area contributed by atoms with Crippen LogP contribution in [0, 0.1) is 0 Å². The van der Waals surface area contributed by atoms with Crippen LogP contribution in [0.1, 0.15) is 75.6 Å². The largest absolute Gasteiger partial charge is 0.368 e. The number of rotatable bonds is 2. The molecule has 1 saturated carbocycles. The molecule has 0 bridgehead atoms. The average molecular weight is 265 g/mol. The predicted molar refractivity (Wildman–Crippen MR) is 70.4 cm³/mol. The molecule has 1 aliphatic heterocycles. The minimum Gasteiger partial charge on any atom is -0.368 e. The Balaban J connectivity index is 1.75. The van der Waals surface area contributed by atoms with Crippen LogP contribution in [0.4, 0.5) is 0 Å². The van der Waals surface area contributed by atoms with Gasteiger partial charge >= 0.3 is 0 Å². The van der Waals surface area contributed by atoms with Crippen molar-refractivity contribution in [3.05, 3.63) is 11.7 Å². The van der Waals surface area contributed by atoms with Crippen LogP contribution in [-0.4, -0.2) is 16.7 Å². The summed E-state index contributed by atoms with van der Waals surface area (Å²) in [5.41, 5.74) is 6.10. The second kappa shape index (κ2) is 5.59. The molecule has 3 rings (SSSR count). The molecule has 2 aliphatic rings. The van der Waals surface area contributed by atoms with Crippen molar-refractivity contribution < 1.29 is 9.26 Å². The number of nitrogens with two attached hydrogens (primary N) is 1. The number of aromatic nitrogens is 2. The third kappa shape index (κ3) is 2.82. The van der Waals surface area contributed by atoms with Gasteiger partial charge in [0.2, 0.25) is 0 Å². The molecule has 1 aromatic rings. The van der Waals surface area contributed by atoms with Gasteiger partial charge in [-0.2, -0.15) is 4.98 Å². The summed E-state index contributed by atoms with van der Waals surface area (Å²) in [5.74, 6) is 1.29. The Hall–Kier alpha value is -0.940. The molecule has 1 atom stereocenters. The number of ether oxygens (including phenoxy) is 1. The van der Waals surface area contributed by atoms with Crippen LogP contribution in [0.3, 0.4) is 0 Å². The van der Waals surface area contributed by atoms with Crippen molar-refractivity contribution in [1.82, 2.24) is 10.1 Å². The Kier molecular flexibility index (Phi) is 3.84. The summed E-state index contributed by atoms with van der Waals surface area (Å²) in [6.07, 6.45) is 9.97. The Labute approximate surface area is 113 Å². The van der Waals surface area contributed by atoms with Gasteiger partial charge in [-0.15, -0.1) is 0 Å². The zero-order valence-corrected chi connectivity index (χ0v) is 11.4. The highest BCUT2D eigenvalue weighted by molar-refractivity contribution is 5.05. The van der Waals surface area contributed by atoms with E-state index in [0.717, 1.165) is 51.6 Å². The minimum absolute atomic E-state index is 0.0237. The highest BCUT2D eigenvalue weighted by Crippen LogP contribution is 2.34. The van der Waals surface area contributed by atoms with E-state index in [1.165, 1.54) is 12.8 Å². The van der Waals surface area contributed by atoms with Crippen LogP contribution in [0.5, 0.6) is 0 Å². The molecule has 1 aliphatic carbocycles. The molecule has 0 aromatic carbocycles. The quantitative estimate of drug-likeness (QED) is 0.832. The van der Waals surface area contributed by atoms with Crippen LogP contribution in [0.2, 0.25) is 0 Å². The molecule has 2 heterocycles. The van der Waals surface area contributed by atoms with Crippen LogP contribution >= 0.6 is 0 Å². The fourth-order valence-corrected chi connectivity index (χ4v) is 3.09. The van der Waals surface area contributed by atoms with E-state index < -0.39 is 5.54 Å². The monoisotopic (exact) mass is 265 g/mol. The highest BCUT2D eigenvalue weighted by atomic mass is 16.5. The lowest BCUT2D eigenvalue weighted by molar-refractivity contribution is -0.00459. The maximum atomic E-state index is 6.50. The summed E-state index contributed by atoms with van der Waals surface area (Å²) in [5, 5.41) is 4.14. The molecule has 5 heteroatoms. The van der Waals surface area contributed by atoms with Gasteiger partial charge in [-0.05, 0) is 32.1 Å². The third-order valence-corrected chi connectivity index (χ3v) is 4.34. The SMILES string of the molecule is NC1(c2noc(C3CCCCO3)n2)CCCCCC1. The topological polar surface area (TPSA) is 74.2 Å². The fourth-order valence-electron chi connectivity index (χ4n) is 3.09. The third-order valence-electron chi connectivity index (χ3n) is 4.34. The first-order chi connectivity index (χ1) is 9.28. The van der Waals surface area contributed by atoms with Crippen molar-refractivity contribution in [1.29, 1.82) is 0 Å². The molecule has 1 unspecified atom stereocenters. The zero-order valence-electron chi connectivity index (χ0n) is 11.4. The van der Waals surface area contributed by atoms with Gasteiger partial charge in [0.05, 0.1) is 5.54 Å². The molecular formula is C14H23N3O2. The molecule has 2 N–H and O–H groups in total. The normalized spacial score (nSPS) is 27.9. The summed E-state index contributed by atoms with van der Waals surface area (Å²) in [4.78, 5) is 4.54. The Bertz CT molecular complexity index is 405. The van der Waals surface area contributed by atoms with E-state index in [2.05, 4.69) is 10.1 Å². The molecule has 0 amide bonds. The van der Waals surface area contributed by atoms with Crippen LogP contribution in [0.15, 0.2) is 4.52 Å². The lowest BCUT2D eigenvalue weighted by Gasteiger charge is -2.23. The van der Waals surface area contributed by atoms with Crippen LogP contribution < -0.4 is 5.73 Å². The standard InChI is InChI=1S/C14H23N3O2/c15-14(8-4-1-2-5-9-14)13-16-12(19-17-13)11-7-3-6-10-18-11/h11H,1-10,15H2. The van der Waals surface area contributed by atoms with Crippen molar-refractivity contribution in [3.63, 3.8) is 0 Å². The van der Waals surface area contributed by atoms with E-state index in [-0.39, 0.29) is 6.10 Å². The van der Waals surface area contributed by atoms with Gasteiger partial charge in [0.15, 0.2) is 5.82 Å². The lowest BCUT2D eigenvalue weighted by atomic mass is 9.91. The molecule has 5 nitrogen and oxygen atoms in total. The molecule has 1 saturated heterocycles.